The first-order chi connectivity index (χ1) is 10.5. The van der Waals surface area contributed by atoms with E-state index in [9.17, 15) is 15.3 Å². The molecule has 3 nitrogen and oxygen atoms in total. The number of aliphatic hydroxyl groups excluding tert-OH is 2. The van der Waals surface area contributed by atoms with Gasteiger partial charge in [0.05, 0.1) is 17.8 Å². The average Bonchev–Trinajstić information content (AvgIpc) is 2.73. The summed E-state index contributed by atoms with van der Waals surface area (Å²) in [7, 11) is 0. The Morgan fingerprint density at radius 1 is 1.26 bits per heavy atom. The molecular weight excluding hydrogens is 288 g/mol. The molecule has 0 radical (unpaired) electrons. The first-order valence-electron chi connectivity index (χ1n) is 8.98. The molecule has 0 aliphatic heterocycles. The van der Waals surface area contributed by atoms with Crippen LogP contribution in [0.3, 0.4) is 0 Å². The van der Waals surface area contributed by atoms with E-state index < -0.39 is 17.8 Å². The lowest BCUT2D eigenvalue weighted by Gasteiger charge is -2.40. The van der Waals surface area contributed by atoms with Gasteiger partial charge in [-0.2, -0.15) is 0 Å². The van der Waals surface area contributed by atoms with Gasteiger partial charge in [-0.15, -0.1) is 0 Å². The summed E-state index contributed by atoms with van der Waals surface area (Å²) in [6, 6.07) is 0. The Kier molecular flexibility index (Phi) is 5.44. The van der Waals surface area contributed by atoms with E-state index >= 15 is 0 Å². The third kappa shape index (κ3) is 4.26. The van der Waals surface area contributed by atoms with Crippen LogP contribution in [0.25, 0.3) is 0 Å². The van der Waals surface area contributed by atoms with Crippen molar-refractivity contribution in [1.82, 2.24) is 0 Å². The first kappa shape index (κ1) is 18.7. The molecule has 1 fully saturated rings. The van der Waals surface area contributed by atoms with E-state index in [2.05, 4.69) is 26.0 Å². The zero-order chi connectivity index (χ0) is 17.4. The van der Waals surface area contributed by atoms with Gasteiger partial charge < -0.3 is 15.3 Å². The number of fused-ring (bicyclic) bond motifs is 1. The molecule has 2 rings (SSSR count). The van der Waals surface area contributed by atoms with Gasteiger partial charge in [-0.3, -0.25) is 0 Å². The van der Waals surface area contributed by atoms with Crippen LogP contribution in [0.5, 0.6) is 0 Å². The molecule has 2 aliphatic carbocycles. The van der Waals surface area contributed by atoms with Crippen LogP contribution in [0.1, 0.15) is 60.3 Å². The van der Waals surface area contributed by atoms with Crippen LogP contribution in [0.15, 0.2) is 23.8 Å². The Balaban J connectivity index is 2.41. The lowest BCUT2D eigenvalue weighted by molar-refractivity contribution is -0.0509. The molecule has 2 aliphatic rings. The molecule has 3 heteroatoms. The van der Waals surface area contributed by atoms with E-state index in [1.807, 2.05) is 26.8 Å². The number of hydrogen-bond donors (Lipinski definition) is 3. The third-order valence-corrected chi connectivity index (χ3v) is 5.94. The van der Waals surface area contributed by atoms with Crippen LogP contribution in [0.4, 0.5) is 0 Å². The highest BCUT2D eigenvalue weighted by Crippen LogP contribution is 2.54. The maximum absolute atomic E-state index is 10.9. The highest BCUT2D eigenvalue weighted by Gasteiger charge is 2.51. The number of aliphatic hydroxyl groups is 3. The van der Waals surface area contributed by atoms with Crippen molar-refractivity contribution in [3.63, 3.8) is 0 Å². The molecule has 0 unspecified atom stereocenters. The van der Waals surface area contributed by atoms with Crippen molar-refractivity contribution in [3.8, 4) is 0 Å². The summed E-state index contributed by atoms with van der Waals surface area (Å²) in [5.74, 6) is 0.411. The van der Waals surface area contributed by atoms with Crippen LogP contribution in [0.2, 0.25) is 0 Å². The fraction of sp³-hybridized carbons (Fsp3) is 0.800. The predicted octanol–water partition coefficient (Wildman–Crippen LogP) is 3.44. The van der Waals surface area contributed by atoms with Gasteiger partial charge in [0.25, 0.3) is 0 Å². The van der Waals surface area contributed by atoms with Gasteiger partial charge in [0.2, 0.25) is 0 Å². The standard InChI is InChI=1S/C20H34O3/c1-13-6-8-20(5)9-7-16(19(3,4)23)18(20)17(22)12-14(2)11-15(21)10-13/h6,8,11,13,15-18,21-23H,7,9-10,12H2,1-5H3/b8-6+,14-11+/t13-,15+,16-,17+,18-,20+/m1/s1. The van der Waals surface area contributed by atoms with Crippen molar-refractivity contribution in [2.75, 3.05) is 0 Å². The first-order valence-corrected chi connectivity index (χ1v) is 8.98. The summed E-state index contributed by atoms with van der Waals surface area (Å²) >= 11 is 0. The molecule has 23 heavy (non-hydrogen) atoms. The topological polar surface area (TPSA) is 60.7 Å². The van der Waals surface area contributed by atoms with Gasteiger partial charge in [0.15, 0.2) is 0 Å². The molecule has 0 spiro atoms. The van der Waals surface area contributed by atoms with Crippen LogP contribution < -0.4 is 0 Å². The van der Waals surface area contributed by atoms with Crippen LogP contribution in [-0.2, 0) is 0 Å². The summed E-state index contributed by atoms with van der Waals surface area (Å²) in [6.45, 7) is 10.0. The van der Waals surface area contributed by atoms with Gasteiger partial charge in [0.1, 0.15) is 0 Å². The maximum Gasteiger partial charge on any atom is 0.0728 e. The van der Waals surface area contributed by atoms with E-state index in [-0.39, 0.29) is 17.3 Å². The lowest BCUT2D eigenvalue weighted by Crippen LogP contribution is -2.43. The molecule has 0 bridgehead atoms. The van der Waals surface area contributed by atoms with E-state index in [0.29, 0.717) is 18.8 Å². The Bertz CT molecular complexity index is 474. The van der Waals surface area contributed by atoms with E-state index in [4.69, 9.17) is 0 Å². The van der Waals surface area contributed by atoms with Crippen molar-refractivity contribution in [1.29, 1.82) is 0 Å². The zero-order valence-electron chi connectivity index (χ0n) is 15.3. The fourth-order valence-corrected chi connectivity index (χ4v) is 4.73. The molecule has 0 aromatic rings. The highest BCUT2D eigenvalue weighted by molar-refractivity contribution is 5.15. The fourth-order valence-electron chi connectivity index (χ4n) is 4.73. The van der Waals surface area contributed by atoms with Gasteiger partial charge in [-0.05, 0) is 69.6 Å². The highest BCUT2D eigenvalue weighted by atomic mass is 16.3. The molecule has 6 atom stereocenters. The maximum atomic E-state index is 10.9. The van der Waals surface area contributed by atoms with Crippen LogP contribution >= 0.6 is 0 Å². The third-order valence-electron chi connectivity index (χ3n) is 5.94. The molecule has 0 heterocycles. The van der Waals surface area contributed by atoms with Crippen molar-refractivity contribution in [3.05, 3.63) is 23.8 Å². The molecule has 0 aromatic heterocycles. The smallest absolute Gasteiger partial charge is 0.0728 e. The normalized spacial score (nSPS) is 46.4. The molecule has 1 saturated carbocycles. The second-order valence-corrected chi connectivity index (χ2v) is 8.75. The van der Waals surface area contributed by atoms with Crippen molar-refractivity contribution < 1.29 is 15.3 Å². The Morgan fingerprint density at radius 3 is 2.52 bits per heavy atom. The van der Waals surface area contributed by atoms with Gasteiger partial charge in [-0.25, -0.2) is 0 Å². The molecule has 0 amide bonds. The molecule has 3 N–H and O–H groups in total. The second-order valence-electron chi connectivity index (χ2n) is 8.75. The lowest BCUT2D eigenvalue weighted by atomic mass is 9.68. The minimum atomic E-state index is -0.791. The number of hydrogen-bond acceptors (Lipinski definition) is 3. The van der Waals surface area contributed by atoms with E-state index in [1.54, 1.807) is 0 Å². The van der Waals surface area contributed by atoms with Crippen LogP contribution in [-0.4, -0.2) is 33.1 Å². The quantitative estimate of drug-likeness (QED) is 0.648. The summed E-state index contributed by atoms with van der Waals surface area (Å²) < 4.78 is 0. The minimum absolute atomic E-state index is 0.0320. The monoisotopic (exact) mass is 322 g/mol. The van der Waals surface area contributed by atoms with E-state index in [0.717, 1.165) is 18.4 Å². The average molecular weight is 322 g/mol. The van der Waals surface area contributed by atoms with E-state index in [1.165, 1.54) is 0 Å². The van der Waals surface area contributed by atoms with Crippen LogP contribution in [0, 0.1) is 23.2 Å². The Morgan fingerprint density at radius 2 is 1.91 bits per heavy atom. The summed E-state index contributed by atoms with van der Waals surface area (Å²) in [6.07, 6.45) is 8.53. The van der Waals surface area contributed by atoms with Crippen molar-refractivity contribution in [2.24, 2.45) is 23.2 Å². The predicted molar refractivity (Wildman–Crippen MR) is 93.9 cm³/mol. The number of allylic oxidation sites excluding steroid dienone is 2. The number of rotatable bonds is 1. The summed E-state index contributed by atoms with van der Waals surface area (Å²) in [5.41, 5.74) is 0.136. The van der Waals surface area contributed by atoms with Crippen molar-refractivity contribution in [2.45, 2.75) is 78.1 Å². The Labute approximate surface area is 141 Å². The Hall–Kier alpha value is -0.640. The van der Waals surface area contributed by atoms with Crippen molar-refractivity contribution >= 4 is 0 Å². The zero-order valence-corrected chi connectivity index (χ0v) is 15.3. The summed E-state index contributed by atoms with van der Waals surface area (Å²) in [4.78, 5) is 0. The second kappa shape index (κ2) is 6.70. The SMILES string of the molecule is C/C1=C\[C@@H](O)C[C@H](C)/C=C/[C@@]2(C)CC[C@@H](C(C)(C)O)[C@@H]2[C@@H](O)C1. The summed E-state index contributed by atoms with van der Waals surface area (Å²) in [5, 5.41) is 31.7. The van der Waals surface area contributed by atoms with Gasteiger partial charge in [0, 0.05) is 0 Å². The largest absolute Gasteiger partial charge is 0.392 e. The minimum Gasteiger partial charge on any atom is -0.392 e. The molecule has 0 aromatic carbocycles. The molecule has 132 valence electrons. The van der Waals surface area contributed by atoms with Gasteiger partial charge in [-0.1, -0.05) is 37.6 Å². The molecule has 0 saturated heterocycles. The molecular formula is C20H34O3. The van der Waals surface area contributed by atoms with Gasteiger partial charge >= 0.3 is 0 Å².